The van der Waals surface area contributed by atoms with Crippen LogP contribution in [0.25, 0.3) is 0 Å². The number of benzene rings is 1. The van der Waals surface area contributed by atoms with Crippen LogP contribution in [0.4, 0.5) is 5.82 Å². The van der Waals surface area contributed by atoms with E-state index in [9.17, 15) is 13.2 Å². The lowest BCUT2D eigenvalue weighted by Crippen LogP contribution is -2.40. The fourth-order valence-corrected chi connectivity index (χ4v) is 5.09. The summed E-state index contributed by atoms with van der Waals surface area (Å²) in [4.78, 5) is 25.2. The lowest BCUT2D eigenvalue weighted by Gasteiger charge is -2.26. The molecular weight excluding hydrogens is 434 g/mol. The molecule has 2 aliphatic heterocycles. The van der Waals surface area contributed by atoms with Gasteiger partial charge in [-0.05, 0) is 24.3 Å². The molecule has 2 aliphatic rings. The van der Waals surface area contributed by atoms with Crippen LogP contribution in [0.3, 0.4) is 0 Å². The fourth-order valence-electron chi connectivity index (χ4n) is 3.68. The Bertz CT molecular complexity index is 1050. The Morgan fingerprint density at radius 3 is 2.53 bits per heavy atom. The maximum absolute atomic E-state index is 12.9. The van der Waals surface area contributed by atoms with E-state index < -0.39 is 10.0 Å². The van der Waals surface area contributed by atoms with Crippen molar-refractivity contribution in [2.45, 2.75) is 17.4 Å². The van der Waals surface area contributed by atoms with Crippen molar-refractivity contribution >= 4 is 21.7 Å². The molecule has 2 saturated heterocycles. The molecule has 11 heteroatoms. The summed E-state index contributed by atoms with van der Waals surface area (Å²) >= 11 is 0. The van der Waals surface area contributed by atoms with Crippen LogP contribution in [0.15, 0.2) is 41.6 Å². The average Bonchev–Trinajstić information content (AvgIpc) is 3.28. The van der Waals surface area contributed by atoms with E-state index in [1.165, 1.54) is 16.4 Å². The van der Waals surface area contributed by atoms with Gasteiger partial charge in [-0.3, -0.25) is 9.78 Å². The molecule has 4 rings (SSSR count). The van der Waals surface area contributed by atoms with Crippen LogP contribution in [-0.2, 0) is 14.8 Å². The third kappa shape index (κ3) is 4.84. The monoisotopic (exact) mass is 461 g/mol. The van der Waals surface area contributed by atoms with Crippen molar-refractivity contribution in [3.63, 3.8) is 0 Å². The van der Waals surface area contributed by atoms with Crippen molar-refractivity contribution in [1.82, 2.24) is 19.2 Å². The topological polar surface area (TPSA) is 105 Å². The zero-order valence-electron chi connectivity index (χ0n) is 18.2. The van der Waals surface area contributed by atoms with E-state index in [2.05, 4.69) is 9.97 Å². The average molecular weight is 462 g/mol. The standard InChI is InChI=1S/C21H27N5O5S/c1-24(2)19-13-22-14-20(23-19)31-17-7-8-25(15-17)21(27)16-3-5-18(6-4-16)32(28,29)26-9-11-30-12-10-26/h3-6,13-14,17H,7-12,15H2,1-2H3. The minimum Gasteiger partial charge on any atom is -0.471 e. The SMILES string of the molecule is CN(C)c1cncc(OC2CCN(C(=O)c3ccc(S(=O)(=O)N4CCOCC4)cc3)C2)n1. The summed E-state index contributed by atoms with van der Waals surface area (Å²) in [5.74, 6) is 0.966. The lowest BCUT2D eigenvalue weighted by molar-refractivity contribution is 0.0730. The number of sulfonamides is 1. The molecule has 0 radical (unpaired) electrons. The van der Waals surface area contributed by atoms with Gasteiger partial charge in [0, 0.05) is 45.7 Å². The Morgan fingerprint density at radius 2 is 1.84 bits per heavy atom. The van der Waals surface area contributed by atoms with Gasteiger partial charge >= 0.3 is 0 Å². The number of hydrogen-bond acceptors (Lipinski definition) is 8. The Labute approximate surface area is 187 Å². The first-order valence-corrected chi connectivity index (χ1v) is 11.9. The number of carbonyl (C=O) groups excluding carboxylic acids is 1. The molecule has 0 saturated carbocycles. The molecule has 0 bridgehead atoms. The second-order valence-electron chi connectivity index (χ2n) is 7.93. The summed E-state index contributed by atoms with van der Waals surface area (Å²) in [5, 5.41) is 0. The number of anilines is 1. The van der Waals surface area contributed by atoms with E-state index in [1.54, 1.807) is 29.4 Å². The Kier molecular flexibility index (Phi) is 6.58. The van der Waals surface area contributed by atoms with Gasteiger partial charge in [0.2, 0.25) is 15.9 Å². The first-order chi connectivity index (χ1) is 15.3. The molecule has 3 heterocycles. The van der Waals surface area contributed by atoms with Crippen LogP contribution >= 0.6 is 0 Å². The molecule has 1 unspecified atom stereocenters. The quantitative estimate of drug-likeness (QED) is 0.624. The predicted octanol–water partition coefficient (Wildman–Crippen LogP) is 0.857. The highest BCUT2D eigenvalue weighted by molar-refractivity contribution is 7.89. The second kappa shape index (κ2) is 9.39. The molecular formula is C21H27N5O5S. The first kappa shape index (κ1) is 22.4. The number of morpholine rings is 1. The van der Waals surface area contributed by atoms with Crippen LogP contribution in [0, 0.1) is 0 Å². The van der Waals surface area contributed by atoms with E-state index in [0.717, 1.165) is 0 Å². The van der Waals surface area contributed by atoms with Crippen molar-refractivity contribution in [3.8, 4) is 5.88 Å². The molecule has 172 valence electrons. The second-order valence-corrected chi connectivity index (χ2v) is 9.87. The van der Waals surface area contributed by atoms with E-state index in [1.807, 2.05) is 19.0 Å². The molecule has 1 aromatic heterocycles. The molecule has 1 atom stereocenters. The number of rotatable bonds is 6. The first-order valence-electron chi connectivity index (χ1n) is 10.5. The number of hydrogen-bond donors (Lipinski definition) is 0. The van der Waals surface area contributed by atoms with Gasteiger partial charge in [0.15, 0.2) is 5.82 Å². The Morgan fingerprint density at radius 1 is 1.12 bits per heavy atom. The van der Waals surface area contributed by atoms with E-state index in [4.69, 9.17) is 9.47 Å². The van der Waals surface area contributed by atoms with Gasteiger partial charge in [-0.25, -0.2) is 8.42 Å². The van der Waals surface area contributed by atoms with Crippen LogP contribution in [-0.4, -0.2) is 93.1 Å². The largest absolute Gasteiger partial charge is 0.471 e. The molecule has 1 amide bonds. The summed E-state index contributed by atoms with van der Waals surface area (Å²) in [6, 6.07) is 6.11. The number of aromatic nitrogens is 2. The number of nitrogens with zero attached hydrogens (tertiary/aromatic N) is 5. The highest BCUT2D eigenvalue weighted by atomic mass is 32.2. The van der Waals surface area contributed by atoms with Gasteiger partial charge in [0.1, 0.15) is 6.10 Å². The van der Waals surface area contributed by atoms with E-state index >= 15 is 0 Å². The summed E-state index contributed by atoms with van der Waals surface area (Å²) in [6.07, 6.45) is 3.72. The molecule has 0 spiro atoms. The zero-order valence-corrected chi connectivity index (χ0v) is 19.0. The summed E-state index contributed by atoms with van der Waals surface area (Å²) in [7, 11) is 0.168. The van der Waals surface area contributed by atoms with Crippen molar-refractivity contribution in [1.29, 1.82) is 0 Å². The van der Waals surface area contributed by atoms with Gasteiger partial charge in [-0.15, -0.1) is 0 Å². The molecule has 10 nitrogen and oxygen atoms in total. The van der Waals surface area contributed by atoms with Gasteiger partial charge in [0.05, 0.1) is 37.0 Å². The molecule has 1 aromatic carbocycles. The van der Waals surface area contributed by atoms with Crippen LogP contribution in [0.2, 0.25) is 0 Å². The van der Waals surface area contributed by atoms with Gasteiger partial charge in [0.25, 0.3) is 5.91 Å². The maximum atomic E-state index is 12.9. The zero-order chi connectivity index (χ0) is 22.7. The molecule has 32 heavy (non-hydrogen) atoms. The third-order valence-electron chi connectivity index (χ3n) is 5.49. The summed E-state index contributed by atoms with van der Waals surface area (Å²) in [5.41, 5.74) is 0.445. The van der Waals surface area contributed by atoms with Crippen molar-refractivity contribution in [2.75, 3.05) is 58.4 Å². The minimum absolute atomic E-state index is 0.153. The molecule has 0 N–H and O–H groups in total. The predicted molar refractivity (Wildman–Crippen MR) is 117 cm³/mol. The number of carbonyl (C=O) groups is 1. The number of amides is 1. The lowest BCUT2D eigenvalue weighted by atomic mass is 10.2. The van der Waals surface area contributed by atoms with Crippen molar-refractivity contribution < 1.29 is 22.7 Å². The third-order valence-corrected chi connectivity index (χ3v) is 7.40. The van der Waals surface area contributed by atoms with Gasteiger partial charge < -0.3 is 19.3 Å². The molecule has 2 aromatic rings. The molecule has 0 aliphatic carbocycles. The van der Waals surface area contributed by atoms with E-state index in [0.29, 0.717) is 63.1 Å². The minimum atomic E-state index is -3.58. The van der Waals surface area contributed by atoms with Crippen LogP contribution in [0.1, 0.15) is 16.8 Å². The Balaban J connectivity index is 1.38. The van der Waals surface area contributed by atoms with Crippen molar-refractivity contribution in [3.05, 3.63) is 42.2 Å². The number of ether oxygens (including phenoxy) is 2. The maximum Gasteiger partial charge on any atom is 0.253 e. The van der Waals surface area contributed by atoms with Gasteiger partial charge in [-0.1, -0.05) is 0 Å². The van der Waals surface area contributed by atoms with Crippen molar-refractivity contribution in [2.24, 2.45) is 0 Å². The van der Waals surface area contributed by atoms with Crippen LogP contribution in [0.5, 0.6) is 5.88 Å². The highest BCUT2D eigenvalue weighted by Gasteiger charge is 2.30. The highest BCUT2D eigenvalue weighted by Crippen LogP contribution is 2.22. The van der Waals surface area contributed by atoms with E-state index in [-0.39, 0.29) is 16.9 Å². The Hall–Kier alpha value is -2.76. The molecule has 2 fully saturated rings. The van der Waals surface area contributed by atoms with Crippen LogP contribution < -0.4 is 9.64 Å². The normalized spacial score (nSPS) is 19.7. The number of likely N-dealkylation sites (tertiary alicyclic amines) is 1. The fraction of sp³-hybridized carbons (Fsp3) is 0.476. The summed E-state index contributed by atoms with van der Waals surface area (Å²) < 4.78 is 38.1. The smallest absolute Gasteiger partial charge is 0.253 e. The van der Waals surface area contributed by atoms with Gasteiger partial charge in [-0.2, -0.15) is 9.29 Å². The summed E-state index contributed by atoms with van der Waals surface area (Å²) in [6.45, 7) is 2.43.